The molecule has 144 heavy (non-hydrogen) atoms. The summed E-state index contributed by atoms with van der Waals surface area (Å²) in [6.07, 6.45) is 0.492. The van der Waals surface area contributed by atoms with E-state index in [1.54, 1.807) is 104 Å². The van der Waals surface area contributed by atoms with Gasteiger partial charge in [0.05, 0.1) is 93.6 Å². The minimum absolute atomic E-state index is 0. The van der Waals surface area contributed by atoms with Crippen molar-refractivity contribution in [2.24, 2.45) is 21.7 Å². The van der Waals surface area contributed by atoms with Gasteiger partial charge in [0.2, 0.25) is 0 Å². The minimum Gasteiger partial charge on any atom is -0.497 e. The van der Waals surface area contributed by atoms with Crippen LogP contribution in [0.25, 0.3) is 179 Å². The van der Waals surface area contributed by atoms with E-state index in [0.717, 1.165) is 87.6 Å². The maximum Gasteiger partial charge on any atom is 2.00 e. The molecule has 0 saturated heterocycles. The molecule has 2 radical (unpaired) electrons. The Hall–Kier alpha value is -15.7. The van der Waals surface area contributed by atoms with Gasteiger partial charge in [-0.3, -0.25) is 19.2 Å². The summed E-state index contributed by atoms with van der Waals surface area (Å²) in [4.78, 5) is 146. The Bertz CT molecular complexity index is 6780. The number of hydrogen-bond donors (Lipinski definition) is 4. The van der Waals surface area contributed by atoms with E-state index in [1.807, 2.05) is 222 Å². The maximum absolute atomic E-state index is 11.9. The number of hydrogen-bond acceptors (Lipinski definition) is 26. The van der Waals surface area contributed by atoms with E-state index in [-0.39, 0.29) is 60.6 Å². The summed E-state index contributed by atoms with van der Waals surface area (Å²) in [5.74, 6) is 2.11. The van der Waals surface area contributed by atoms with E-state index in [4.69, 9.17) is 118 Å². The average molecular weight is 2030 g/mol. The first kappa shape index (κ1) is 106. The normalized spacial score (nSPS) is 11.9. The van der Waals surface area contributed by atoms with Gasteiger partial charge in [-0.05, 0) is 161 Å². The Morgan fingerprint density at radius 3 is 0.632 bits per heavy atom. The van der Waals surface area contributed by atoms with Crippen molar-refractivity contribution >= 4 is 124 Å². The summed E-state index contributed by atoms with van der Waals surface area (Å²) >= 11 is 0. The number of aliphatic hydroxyl groups excluding tert-OH is 2. The SMILES string of the molecule is CCC(C)(C)C(=O)O.CCC(C)(C)C(=O)O.CCC(C)(C)C(=O)OCC(O)COC(=O)c1cccc(OC)c1.CCC(C)(C)C(=O)OCC(O)COC(=O)c1cccc(OC)c1.[Cu+2].[Cu+2].c1ccc2c(c1)-c1nc-2nc2[n-]c(nc3nc(nc4[n-]c(n1)c1ccccc41)-c1ccccc1-3)c1ccccc21.c1ccc2c(c1)-c1nc-2nc2[n-]c(nc3nc(nc4[n-]c(n1)c1ccccc41)-c1ccccc1-3)c1ccccc21. The van der Waals surface area contributed by atoms with Crippen LogP contribution >= 0.6 is 0 Å². The Balaban J connectivity index is 0.000000157. The molecule has 0 spiro atoms. The van der Waals surface area contributed by atoms with Gasteiger partial charge >= 0.3 is 70.0 Å². The molecule has 4 aliphatic rings. The van der Waals surface area contributed by atoms with E-state index in [1.165, 1.54) is 14.2 Å². The van der Waals surface area contributed by atoms with Crippen LogP contribution in [0.2, 0.25) is 0 Å². The first-order chi connectivity index (χ1) is 68.2. The molecule has 16 aromatic rings. The fourth-order valence-corrected chi connectivity index (χ4v) is 14.3. The molecule has 0 aliphatic carbocycles. The number of aromatic nitrogens is 16. The van der Waals surface area contributed by atoms with Crippen molar-refractivity contribution < 1.29 is 112 Å². The molecule has 0 saturated carbocycles. The van der Waals surface area contributed by atoms with Gasteiger partial charge in [-0.25, -0.2) is 29.5 Å². The third kappa shape index (κ3) is 23.9. The number of aliphatic hydroxyl groups is 2. The monoisotopic (exact) mass is 2030 g/mol. The molecule has 20 rings (SSSR count). The standard InChI is InChI=1S/2C32H16N8.2C17H24O6.2C6H12O2.2Cu/c2*1-2-10-18-17(9-1)25-33-26(18)38-28-21-13-5-6-14-22(21)30(35-28)40-32-24-16-8-7-15-23(24)31(36-32)39-29-20-12-4-3-11-19(20)27(34-29)37-25;2*1-5-17(2,3)16(20)23-11-13(18)10-22-15(19)12-7-6-8-14(9-12)21-4;2*1-4-6(2,3)5(7)8;;/h2*1-16H;2*6-9,13,18H,5,10-11H2,1-4H3;2*4H2,1-3H3,(H,7,8);;/q2*-2;;;;;2*+2. The van der Waals surface area contributed by atoms with Crippen molar-refractivity contribution in [3.8, 4) is 103 Å². The van der Waals surface area contributed by atoms with Crippen molar-refractivity contribution in [2.75, 3.05) is 40.6 Å². The number of carbonyl (C=O) groups is 6. The Labute approximate surface area is 849 Å². The van der Waals surface area contributed by atoms with Gasteiger partial charge in [-0.1, -0.05) is 234 Å². The molecule has 4 N–H and O–H groups in total. The molecule has 16 bridgehead atoms. The Morgan fingerprint density at radius 2 is 0.458 bits per heavy atom. The van der Waals surface area contributed by atoms with Crippen LogP contribution in [0.15, 0.2) is 243 Å². The molecule has 10 heterocycles. The summed E-state index contributed by atoms with van der Waals surface area (Å²) in [5.41, 5.74) is 9.92. The second-order valence-corrected chi connectivity index (χ2v) is 36.1. The molecule has 10 aromatic carbocycles. The Morgan fingerprint density at radius 1 is 0.271 bits per heavy atom. The van der Waals surface area contributed by atoms with Crippen molar-refractivity contribution in [3.05, 3.63) is 254 Å². The van der Waals surface area contributed by atoms with Crippen LogP contribution in [0, 0.1) is 21.7 Å². The number of carboxylic acid groups (broad SMARTS) is 2. The molecule has 4 aliphatic heterocycles. The fraction of sp³-hybridized carbons (Fsp3) is 0.255. The summed E-state index contributed by atoms with van der Waals surface area (Å²) in [6.45, 7) is 20.5. The zero-order chi connectivity index (χ0) is 101. The van der Waals surface area contributed by atoms with Crippen LogP contribution in [0.5, 0.6) is 11.5 Å². The van der Waals surface area contributed by atoms with Crippen molar-refractivity contribution in [2.45, 2.75) is 121 Å². The smallest absolute Gasteiger partial charge is 0.497 e. The molecule has 0 amide bonds. The number of esters is 4. The first-order valence-corrected chi connectivity index (χ1v) is 46.2. The molecule has 742 valence electrons. The number of methoxy groups -OCH3 is 2. The minimum atomic E-state index is -1.07. The number of rotatable bonds is 20. The number of carboxylic acids is 2. The first-order valence-electron chi connectivity index (χ1n) is 46.2. The van der Waals surface area contributed by atoms with Crippen molar-refractivity contribution in [1.82, 2.24) is 79.7 Å². The average Bonchev–Trinajstić information content (AvgIpc) is 1.61. The van der Waals surface area contributed by atoms with Crippen LogP contribution < -0.4 is 29.4 Å². The van der Waals surface area contributed by atoms with Gasteiger partial charge < -0.3 is 109 Å². The predicted molar refractivity (Wildman–Crippen MR) is 540 cm³/mol. The zero-order valence-electron chi connectivity index (χ0n) is 81.4. The molecular weight excluding hydrogens is 1930 g/mol. The van der Waals surface area contributed by atoms with Crippen LogP contribution in [0.1, 0.15) is 129 Å². The summed E-state index contributed by atoms with van der Waals surface area (Å²) < 4.78 is 30.1. The Kier molecular flexibility index (Phi) is 33.7. The summed E-state index contributed by atoms with van der Waals surface area (Å²) in [6, 6.07) is 76.7. The molecule has 2 unspecified atom stereocenters. The van der Waals surface area contributed by atoms with Gasteiger partial charge in [0.1, 0.15) is 50.1 Å². The van der Waals surface area contributed by atoms with Crippen LogP contribution in [-0.2, 0) is 72.3 Å². The number of carbonyl (C=O) groups excluding carboxylic acids is 4. The van der Waals surface area contributed by atoms with Gasteiger partial charge in [-0.2, -0.15) is 0 Å². The van der Waals surface area contributed by atoms with Crippen LogP contribution in [-0.4, -0.2) is 169 Å². The van der Waals surface area contributed by atoms with Crippen molar-refractivity contribution in [1.29, 1.82) is 0 Å². The number of nitrogens with zero attached hydrogens (tertiary/aromatic N) is 16. The predicted octanol–water partition coefficient (Wildman–Crippen LogP) is 19.6. The van der Waals surface area contributed by atoms with Crippen molar-refractivity contribution in [3.63, 3.8) is 0 Å². The van der Waals surface area contributed by atoms with Gasteiger partial charge in [0, 0.05) is 89.7 Å². The van der Waals surface area contributed by atoms with Crippen LogP contribution in [0.4, 0.5) is 0 Å². The molecule has 34 heteroatoms. The zero-order valence-corrected chi connectivity index (χ0v) is 83.2. The van der Waals surface area contributed by atoms with Gasteiger partial charge in [0.25, 0.3) is 0 Å². The number of ether oxygens (including phenoxy) is 6. The maximum atomic E-state index is 11.9. The van der Waals surface area contributed by atoms with Crippen LogP contribution in [0.3, 0.4) is 0 Å². The second-order valence-electron chi connectivity index (χ2n) is 36.1. The van der Waals surface area contributed by atoms with E-state index < -0.39 is 69.7 Å². The number of benzene rings is 10. The molecule has 32 nitrogen and oxygen atoms in total. The largest absolute Gasteiger partial charge is 2.00 e. The van der Waals surface area contributed by atoms with E-state index >= 15 is 0 Å². The fourth-order valence-electron chi connectivity index (χ4n) is 14.3. The second kappa shape index (κ2) is 45.9. The number of fused-ring (bicyclic) bond motifs is 40. The number of aliphatic carboxylic acids is 2. The quantitative estimate of drug-likeness (QED) is 0.0313. The molecule has 6 aromatic heterocycles. The van der Waals surface area contributed by atoms with Gasteiger partial charge in [0.15, 0.2) is 0 Å². The summed E-state index contributed by atoms with van der Waals surface area (Å²) in [7, 11) is 3.00. The van der Waals surface area contributed by atoms with E-state index in [9.17, 15) is 39.0 Å². The third-order valence-corrected chi connectivity index (χ3v) is 24.7. The summed E-state index contributed by atoms with van der Waals surface area (Å²) in [5, 5.41) is 43.5. The third-order valence-electron chi connectivity index (χ3n) is 24.7. The molecule has 2 atom stereocenters. The van der Waals surface area contributed by atoms with E-state index in [2.05, 4.69) is 0 Å². The van der Waals surface area contributed by atoms with E-state index in [0.29, 0.717) is 140 Å². The topological polar surface area (TPSA) is 450 Å². The molecule has 0 fully saturated rings. The molecular formula is C110H104Cu2N16O16. The van der Waals surface area contributed by atoms with Gasteiger partial charge in [-0.15, -0.1) is 0 Å².